The van der Waals surface area contributed by atoms with Crippen molar-refractivity contribution in [3.8, 4) is 22.9 Å². The lowest BCUT2D eigenvalue weighted by molar-refractivity contribution is 0.373. The smallest absolute Gasteiger partial charge is 0.161 e. The SMILES string of the molecule is COc1cc(Br)c(-c2nc3ccccc3[nH]2)cc1O. The monoisotopic (exact) mass is 318 g/mol. The second-order valence-corrected chi connectivity index (χ2v) is 4.96. The first-order chi connectivity index (χ1) is 9.19. The van der Waals surface area contributed by atoms with Gasteiger partial charge in [0.1, 0.15) is 5.82 Å². The van der Waals surface area contributed by atoms with Gasteiger partial charge in [-0.15, -0.1) is 0 Å². The summed E-state index contributed by atoms with van der Waals surface area (Å²) in [5, 5.41) is 9.86. The molecule has 2 N–H and O–H groups in total. The van der Waals surface area contributed by atoms with E-state index < -0.39 is 0 Å². The highest BCUT2D eigenvalue weighted by Crippen LogP contribution is 2.37. The summed E-state index contributed by atoms with van der Waals surface area (Å²) in [6, 6.07) is 11.1. The van der Waals surface area contributed by atoms with Crippen molar-refractivity contribution in [3.63, 3.8) is 0 Å². The normalized spacial score (nSPS) is 10.8. The third-order valence-corrected chi connectivity index (χ3v) is 3.57. The number of aromatic amines is 1. The van der Waals surface area contributed by atoms with Crippen LogP contribution in [0.3, 0.4) is 0 Å². The number of H-pyrrole nitrogens is 1. The Morgan fingerprint density at radius 2 is 2.05 bits per heavy atom. The standard InChI is InChI=1S/C14H11BrN2O2/c1-19-13-7-9(15)8(6-12(13)18)14-16-10-4-2-3-5-11(10)17-14/h2-7,18H,1H3,(H,16,17). The first-order valence-electron chi connectivity index (χ1n) is 5.70. The van der Waals surface area contributed by atoms with Gasteiger partial charge in [0, 0.05) is 10.0 Å². The fourth-order valence-corrected chi connectivity index (χ4v) is 2.48. The summed E-state index contributed by atoms with van der Waals surface area (Å²) in [5.41, 5.74) is 2.63. The summed E-state index contributed by atoms with van der Waals surface area (Å²) in [6.07, 6.45) is 0. The highest BCUT2D eigenvalue weighted by Gasteiger charge is 2.13. The van der Waals surface area contributed by atoms with Gasteiger partial charge >= 0.3 is 0 Å². The van der Waals surface area contributed by atoms with E-state index in [0.29, 0.717) is 11.6 Å². The zero-order valence-electron chi connectivity index (χ0n) is 10.1. The molecule has 0 amide bonds. The van der Waals surface area contributed by atoms with Gasteiger partial charge in [-0.3, -0.25) is 0 Å². The van der Waals surface area contributed by atoms with Crippen LogP contribution in [0.5, 0.6) is 11.5 Å². The number of aromatic hydroxyl groups is 1. The average molecular weight is 319 g/mol. The lowest BCUT2D eigenvalue weighted by Crippen LogP contribution is -1.87. The Morgan fingerprint density at radius 1 is 1.26 bits per heavy atom. The molecular formula is C14H11BrN2O2. The van der Waals surface area contributed by atoms with E-state index in [2.05, 4.69) is 25.9 Å². The van der Waals surface area contributed by atoms with Crippen LogP contribution in [-0.2, 0) is 0 Å². The molecule has 1 heterocycles. The molecule has 5 heteroatoms. The van der Waals surface area contributed by atoms with Gasteiger partial charge in [-0.2, -0.15) is 0 Å². The summed E-state index contributed by atoms with van der Waals surface area (Å²) in [5.74, 6) is 1.21. The van der Waals surface area contributed by atoms with E-state index >= 15 is 0 Å². The quantitative estimate of drug-likeness (QED) is 0.757. The van der Waals surface area contributed by atoms with Crippen LogP contribution in [0.1, 0.15) is 0 Å². The summed E-state index contributed by atoms with van der Waals surface area (Å²) in [4.78, 5) is 7.73. The Morgan fingerprint density at radius 3 is 2.79 bits per heavy atom. The summed E-state index contributed by atoms with van der Waals surface area (Å²) >= 11 is 3.46. The molecule has 4 nitrogen and oxygen atoms in total. The molecule has 0 spiro atoms. The largest absolute Gasteiger partial charge is 0.504 e. The summed E-state index contributed by atoms with van der Waals surface area (Å²) in [7, 11) is 1.52. The molecule has 1 aromatic heterocycles. The summed E-state index contributed by atoms with van der Waals surface area (Å²) in [6.45, 7) is 0. The Labute approximate surface area is 118 Å². The number of nitrogens with zero attached hydrogens (tertiary/aromatic N) is 1. The van der Waals surface area contributed by atoms with E-state index in [1.54, 1.807) is 12.1 Å². The van der Waals surface area contributed by atoms with E-state index in [0.717, 1.165) is 21.1 Å². The van der Waals surface area contributed by atoms with E-state index in [4.69, 9.17) is 4.74 Å². The maximum absolute atomic E-state index is 9.86. The Bertz CT molecular complexity index is 719. The molecular weight excluding hydrogens is 308 g/mol. The highest BCUT2D eigenvalue weighted by molar-refractivity contribution is 9.10. The van der Waals surface area contributed by atoms with Crippen molar-refractivity contribution in [1.82, 2.24) is 9.97 Å². The predicted molar refractivity (Wildman–Crippen MR) is 77.4 cm³/mol. The Hall–Kier alpha value is -2.01. The molecule has 0 bridgehead atoms. The van der Waals surface area contributed by atoms with Crippen molar-refractivity contribution in [2.24, 2.45) is 0 Å². The first-order valence-corrected chi connectivity index (χ1v) is 6.50. The van der Waals surface area contributed by atoms with Gasteiger partial charge in [-0.1, -0.05) is 12.1 Å². The van der Waals surface area contributed by atoms with Gasteiger partial charge in [0.25, 0.3) is 0 Å². The fraction of sp³-hybridized carbons (Fsp3) is 0.0714. The van der Waals surface area contributed by atoms with Crippen molar-refractivity contribution < 1.29 is 9.84 Å². The van der Waals surface area contributed by atoms with Crippen molar-refractivity contribution in [1.29, 1.82) is 0 Å². The molecule has 0 fully saturated rings. The number of halogens is 1. The number of imidazole rings is 1. The molecule has 0 saturated carbocycles. The van der Waals surface area contributed by atoms with Gasteiger partial charge in [-0.25, -0.2) is 4.98 Å². The third kappa shape index (κ3) is 2.06. The number of fused-ring (bicyclic) bond motifs is 1. The molecule has 0 aliphatic carbocycles. The predicted octanol–water partition coefficient (Wildman–Crippen LogP) is 3.71. The van der Waals surface area contributed by atoms with Crippen LogP contribution >= 0.6 is 15.9 Å². The summed E-state index contributed by atoms with van der Waals surface area (Å²) < 4.78 is 5.87. The molecule has 3 rings (SSSR count). The van der Waals surface area contributed by atoms with Crippen molar-refractivity contribution >= 4 is 27.0 Å². The number of aromatic nitrogens is 2. The molecule has 0 saturated heterocycles. The topological polar surface area (TPSA) is 58.1 Å². The number of para-hydroxylation sites is 2. The fourth-order valence-electron chi connectivity index (χ4n) is 1.97. The Balaban J connectivity index is 2.18. The second kappa shape index (κ2) is 4.59. The lowest BCUT2D eigenvalue weighted by Gasteiger charge is -2.07. The molecule has 96 valence electrons. The average Bonchev–Trinajstić information content (AvgIpc) is 2.84. The number of nitrogens with one attached hydrogen (secondary N) is 1. The zero-order chi connectivity index (χ0) is 13.4. The van der Waals surface area contributed by atoms with Crippen molar-refractivity contribution in [3.05, 3.63) is 40.9 Å². The molecule has 0 aliphatic heterocycles. The number of hydrogen-bond donors (Lipinski definition) is 2. The van der Waals surface area contributed by atoms with Crippen LogP contribution in [0.4, 0.5) is 0 Å². The van der Waals surface area contributed by atoms with E-state index in [1.807, 2.05) is 24.3 Å². The molecule has 3 aromatic rings. The Kier molecular flexibility index (Phi) is 2.91. The van der Waals surface area contributed by atoms with Gasteiger partial charge in [0.15, 0.2) is 11.5 Å². The minimum atomic E-state index is 0.0844. The number of benzene rings is 2. The first kappa shape index (κ1) is 12.0. The van der Waals surface area contributed by atoms with Crippen LogP contribution < -0.4 is 4.74 Å². The maximum Gasteiger partial charge on any atom is 0.161 e. The van der Waals surface area contributed by atoms with Crippen molar-refractivity contribution in [2.45, 2.75) is 0 Å². The minimum Gasteiger partial charge on any atom is -0.504 e. The zero-order valence-corrected chi connectivity index (χ0v) is 11.7. The van der Waals surface area contributed by atoms with E-state index in [9.17, 15) is 5.11 Å². The van der Waals surface area contributed by atoms with Crippen LogP contribution in [0, 0.1) is 0 Å². The molecule has 19 heavy (non-hydrogen) atoms. The number of methoxy groups -OCH3 is 1. The third-order valence-electron chi connectivity index (χ3n) is 2.91. The maximum atomic E-state index is 9.86. The molecule has 2 aromatic carbocycles. The number of ether oxygens (including phenoxy) is 1. The minimum absolute atomic E-state index is 0.0844. The molecule has 0 unspecified atom stereocenters. The number of hydrogen-bond acceptors (Lipinski definition) is 3. The van der Waals surface area contributed by atoms with Crippen LogP contribution in [0.15, 0.2) is 40.9 Å². The molecule has 0 radical (unpaired) electrons. The second-order valence-electron chi connectivity index (χ2n) is 4.11. The van der Waals surface area contributed by atoms with E-state index in [-0.39, 0.29) is 5.75 Å². The van der Waals surface area contributed by atoms with Crippen LogP contribution in [-0.4, -0.2) is 22.2 Å². The van der Waals surface area contributed by atoms with Gasteiger partial charge < -0.3 is 14.8 Å². The van der Waals surface area contributed by atoms with Gasteiger partial charge in [0.2, 0.25) is 0 Å². The van der Waals surface area contributed by atoms with Gasteiger partial charge in [0.05, 0.1) is 18.1 Å². The number of phenolic OH excluding ortho intramolecular Hbond substituents is 1. The van der Waals surface area contributed by atoms with Crippen molar-refractivity contribution in [2.75, 3.05) is 7.11 Å². The molecule has 0 aliphatic rings. The van der Waals surface area contributed by atoms with E-state index in [1.165, 1.54) is 7.11 Å². The van der Waals surface area contributed by atoms with Gasteiger partial charge in [-0.05, 0) is 40.2 Å². The van der Waals surface area contributed by atoms with Crippen LogP contribution in [0.2, 0.25) is 0 Å². The lowest BCUT2D eigenvalue weighted by atomic mass is 10.2. The molecule has 0 atom stereocenters. The van der Waals surface area contributed by atoms with Crippen LogP contribution in [0.25, 0.3) is 22.4 Å². The highest BCUT2D eigenvalue weighted by atomic mass is 79.9. The number of phenols is 1. The number of rotatable bonds is 2.